The summed E-state index contributed by atoms with van der Waals surface area (Å²) in [5.41, 5.74) is 1.84. The van der Waals surface area contributed by atoms with Gasteiger partial charge < -0.3 is 5.11 Å². The molecule has 1 N–H and O–H groups in total. The van der Waals surface area contributed by atoms with E-state index in [0.717, 1.165) is 36.9 Å². The molecule has 1 heterocycles. The van der Waals surface area contributed by atoms with Crippen molar-refractivity contribution in [2.75, 3.05) is 6.61 Å². The van der Waals surface area contributed by atoms with Crippen molar-refractivity contribution in [2.45, 2.75) is 32.2 Å². The molecule has 4 heteroatoms. The first-order chi connectivity index (χ1) is 6.83. The van der Waals surface area contributed by atoms with E-state index in [2.05, 4.69) is 4.98 Å². The van der Waals surface area contributed by atoms with Crippen LogP contribution < -0.4 is 5.56 Å². The molecule has 1 aliphatic carbocycles. The van der Waals surface area contributed by atoms with Crippen LogP contribution in [0.4, 0.5) is 0 Å². The molecule has 14 heavy (non-hydrogen) atoms. The fourth-order valence-corrected chi connectivity index (χ4v) is 1.89. The minimum absolute atomic E-state index is 0.0135. The van der Waals surface area contributed by atoms with Gasteiger partial charge in [-0.1, -0.05) is 0 Å². The first-order valence-corrected chi connectivity index (χ1v) is 5.01. The summed E-state index contributed by atoms with van der Waals surface area (Å²) < 4.78 is 1.49. The first-order valence-electron chi connectivity index (χ1n) is 5.01. The van der Waals surface area contributed by atoms with Crippen LogP contribution in [-0.4, -0.2) is 21.3 Å². The molecule has 0 aromatic carbocycles. The van der Waals surface area contributed by atoms with Crippen molar-refractivity contribution in [2.24, 2.45) is 0 Å². The normalized spacial score (nSPS) is 15.2. The van der Waals surface area contributed by atoms with Crippen LogP contribution in [0.25, 0.3) is 0 Å². The molecule has 76 valence electrons. The number of fused-ring (bicyclic) bond motifs is 1. The zero-order valence-electron chi connectivity index (χ0n) is 8.07. The Morgan fingerprint density at radius 1 is 1.43 bits per heavy atom. The molecule has 0 aliphatic heterocycles. The largest absolute Gasteiger partial charge is 0.395 e. The third-order valence-electron chi connectivity index (χ3n) is 2.65. The number of hydrogen-bond acceptors (Lipinski definition) is 3. The molecule has 1 aromatic heterocycles. The Bertz CT molecular complexity index is 384. The van der Waals surface area contributed by atoms with Crippen molar-refractivity contribution < 1.29 is 5.11 Å². The smallest absolute Gasteiger partial charge is 0.256 e. The van der Waals surface area contributed by atoms with Gasteiger partial charge >= 0.3 is 0 Å². The van der Waals surface area contributed by atoms with E-state index >= 15 is 0 Å². The number of rotatable bonds is 2. The van der Waals surface area contributed by atoms with Crippen LogP contribution in [0.15, 0.2) is 11.1 Å². The topological polar surface area (TPSA) is 55.1 Å². The zero-order chi connectivity index (χ0) is 9.97. The molecule has 0 unspecified atom stereocenters. The lowest BCUT2D eigenvalue weighted by Gasteiger charge is -2.15. The lowest BCUT2D eigenvalue weighted by molar-refractivity contribution is 0.273. The number of hydrogen-bond donors (Lipinski definition) is 1. The van der Waals surface area contributed by atoms with Crippen LogP contribution in [0.5, 0.6) is 0 Å². The molecule has 0 amide bonds. The van der Waals surface area contributed by atoms with Crippen molar-refractivity contribution in [1.29, 1.82) is 0 Å². The molecule has 4 nitrogen and oxygen atoms in total. The second-order valence-corrected chi connectivity index (χ2v) is 3.60. The van der Waals surface area contributed by atoms with Crippen molar-refractivity contribution in [1.82, 2.24) is 9.55 Å². The third kappa shape index (κ3) is 1.57. The highest BCUT2D eigenvalue weighted by atomic mass is 16.3. The molecule has 1 aliphatic rings. The second-order valence-electron chi connectivity index (χ2n) is 3.60. The Morgan fingerprint density at radius 3 is 3.00 bits per heavy atom. The molecule has 0 saturated carbocycles. The summed E-state index contributed by atoms with van der Waals surface area (Å²) >= 11 is 0. The van der Waals surface area contributed by atoms with Gasteiger partial charge in [0.05, 0.1) is 25.2 Å². The van der Waals surface area contributed by atoms with Crippen molar-refractivity contribution in [3.8, 4) is 0 Å². The average Bonchev–Trinajstić information content (AvgIpc) is 2.23. The number of aliphatic hydroxyl groups is 1. The van der Waals surface area contributed by atoms with E-state index in [-0.39, 0.29) is 12.2 Å². The number of aromatic nitrogens is 2. The van der Waals surface area contributed by atoms with Gasteiger partial charge in [-0.15, -0.1) is 0 Å². The van der Waals surface area contributed by atoms with E-state index in [1.807, 2.05) is 0 Å². The van der Waals surface area contributed by atoms with Crippen LogP contribution in [0.1, 0.15) is 24.1 Å². The highest BCUT2D eigenvalue weighted by Gasteiger charge is 2.14. The minimum Gasteiger partial charge on any atom is -0.395 e. The molecule has 0 spiro atoms. The fraction of sp³-hybridized carbons (Fsp3) is 0.600. The summed E-state index contributed by atoms with van der Waals surface area (Å²) in [5.74, 6) is 0. The maximum atomic E-state index is 11.8. The summed E-state index contributed by atoms with van der Waals surface area (Å²) in [6.07, 6.45) is 5.51. The van der Waals surface area contributed by atoms with E-state index in [9.17, 15) is 4.79 Å². The Kier molecular flexibility index (Phi) is 2.63. The SMILES string of the molecule is O=c1c2c(ncn1CCO)CCCC2. The van der Waals surface area contributed by atoms with Gasteiger partial charge in [0.15, 0.2) is 0 Å². The number of aryl methyl sites for hydroxylation is 1. The fourth-order valence-electron chi connectivity index (χ4n) is 1.89. The lowest BCUT2D eigenvalue weighted by atomic mass is 9.97. The van der Waals surface area contributed by atoms with Crippen LogP contribution in [0.3, 0.4) is 0 Å². The standard InChI is InChI=1S/C10H14N2O2/c13-6-5-12-7-11-9-4-2-1-3-8(9)10(12)14/h7,13H,1-6H2. The second kappa shape index (κ2) is 3.92. The van der Waals surface area contributed by atoms with Gasteiger partial charge in [0, 0.05) is 5.56 Å². The summed E-state index contributed by atoms with van der Waals surface area (Å²) in [6, 6.07) is 0. The van der Waals surface area contributed by atoms with Crippen LogP contribution in [-0.2, 0) is 19.4 Å². The highest BCUT2D eigenvalue weighted by Crippen LogP contribution is 2.14. The monoisotopic (exact) mass is 194 g/mol. The van der Waals surface area contributed by atoms with Gasteiger partial charge in [0.1, 0.15) is 0 Å². The van der Waals surface area contributed by atoms with Crippen LogP contribution in [0, 0.1) is 0 Å². The van der Waals surface area contributed by atoms with Crippen molar-refractivity contribution in [3.05, 3.63) is 27.9 Å². The average molecular weight is 194 g/mol. The predicted molar refractivity (Wildman–Crippen MR) is 52.2 cm³/mol. The summed E-state index contributed by atoms with van der Waals surface area (Å²) in [5, 5.41) is 8.76. The van der Waals surface area contributed by atoms with Gasteiger partial charge in [-0.2, -0.15) is 0 Å². The molecule has 0 atom stereocenters. The minimum atomic E-state index is -0.0135. The quantitative estimate of drug-likeness (QED) is 0.727. The van der Waals surface area contributed by atoms with E-state index in [0.29, 0.717) is 6.54 Å². The number of nitrogens with zero attached hydrogens (tertiary/aromatic N) is 2. The van der Waals surface area contributed by atoms with Gasteiger partial charge in [-0.05, 0) is 25.7 Å². The van der Waals surface area contributed by atoms with Gasteiger partial charge in [0.25, 0.3) is 5.56 Å². The number of aliphatic hydroxyl groups excluding tert-OH is 1. The highest BCUT2D eigenvalue weighted by molar-refractivity contribution is 5.19. The van der Waals surface area contributed by atoms with Crippen molar-refractivity contribution in [3.63, 3.8) is 0 Å². The first kappa shape index (κ1) is 9.40. The molecule has 2 rings (SSSR count). The summed E-state index contributed by atoms with van der Waals surface area (Å²) in [7, 11) is 0. The molecule has 0 radical (unpaired) electrons. The molecule has 0 bridgehead atoms. The van der Waals surface area contributed by atoms with E-state index in [4.69, 9.17) is 5.11 Å². The van der Waals surface area contributed by atoms with Crippen LogP contribution >= 0.6 is 0 Å². The predicted octanol–water partition coefficient (Wildman–Crippen LogP) is 0.114. The maximum absolute atomic E-state index is 11.8. The molecular formula is C10H14N2O2. The summed E-state index contributed by atoms with van der Waals surface area (Å²) in [4.78, 5) is 16.1. The lowest BCUT2D eigenvalue weighted by Crippen LogP contribution is -2.28. The van der Waals surface area contributed by atoms with Gasteiger partial charge in [-0.3, -0.25) is 9.36 Å². The molecule has 0 saturated heterocycles. The molecule has 0 fully saturated rings. The van der Waals surface area contributed by atoms with E-state index in [1.165, 1.54) is 4.57 Å². The van der Waals surface area contributed by atoms with Gasteiger partial charge in [0.2, 0.25) is 0 Å². The van der Waals surface area contributed by atoms with Crippen molar-refractivity contribution >= 4 is 0 Å². The summed E-state index contributed by atoms with van der Waals surface area (Å²) in [6.45, 7) is 0.333. The van der Waals surface area contributed by atoms with Crippen LogP contribution in [0.2, 0.25) is 0 Å². The molecule has 1 aromatic rings. The maximum Gasteiger partial charge on any atom is 0.256 e. The van der Waals surface area contributed by atoms with E-state index in [1.54, 1.807) is 6.33 Å². The Labute approximate surface area is 82.2 Å². The Morgan fingerprint density at radius 2 is 2.21 bits per heavy atom. The third-order valence-corrected chi connectivity index (χ3v) is 2.65. The molecular weight excluding hydrogens is 180 g/mol. The Hall–Kier alpha value is -1.16. The zero-order valence-corrected chi connectivity index (χ0v) is 8.07. The van der Waals surface area contributed by atoms with Gasteiger partial charge in [-0.25, -0.2) is 4.98 Å². The van der Waals surface area contributed by atoms with E-state index < -0.39 is 0 Å². The Balaban J connectivity index is 2.44.